The Morgan fingerprint density at radius 1 is 1.16 bits per heavy atom. The van der Waals surface area contributed by atoms with E-state index in [-0.39, 0.29) is 0 Å². The van der Waals surface area contributed by atoms with Crippen molar-refractivity contribution in [3.05, 3.63) is 35.5 Å². The number of nitrogens with zero attached hydrogens (tertiary/aromatic N) is 1. The maximum atomic E-state index is 4.60. The number of aryl methyl sites for hydroxylation is 2. The summed E-state index contributed by atoms with van der Waals surface area (Å²) in [6.07, 6.45) is 2.18. The van der Waals surface area contributed by atoms with Crippen LogP contribution in [-0.4, -0.2) is 25.1 Å². The van der Waals surface area contributed by atoms with Crippen LogP contribution in [0.3, 0.4) is 0 Å². The van der Waals surface area contributed by atoms with Gasteiger partial charge >= 0.3 is 0 Å². The van der Waals surface area contributed by atoms with Crippen molar-refractivity contribution in [2.75, 3.05) is 25.5 Å². The fourth-order valence-electron chi connectivity index (χ4n) is 2.26. The van der Waals surface area contributed by atoms with Crippen LogP contribution in [0.1, 0.15) is 24.6 Å². The van der Waals surface area contributed by atoms with Gasteiger partial charge in [-0.15, -0.1) is 0 Å². The number of anilines is 1. The van der Waals surface area contributed by atoms with E-state index >= 15 is 0 Å². The highest BCUT2D eigenvalue weighted by molar-refractivity contribution is 5.92. The zero-order chi connectivity index (χ0) is 13.7. The molecule has 0 saturated heterocycles. The summed E-state index contributed by atoms with van der Waals surface area (Å²) >= 11 is 0. The van der Waals surface area contributed by atoms with E-state index in [1.165, 1.54) is 16.6 Å². The first-order chi connectivity index (χ1) is 9.24. The van der Waals surface area contributed by atoms with E-state index in [2.05, 4.69) is 46.8 Å². The Bertz CT molecular complexity index is 549. The second-order valence-electron chi connectivity index (χ2n) is 4.90. The van der Waals surface area contributed by atoms with Crippen LogP contribution in [0.4, 0.5) is 5.69 Å². The Balaban J connectivity index is 2.28. The van der Waals surface area contributed by atoms with Gasteiger partial charge in [0.25, 0.3) is 0 Å². The van der Waals surface area contributed by atoms with Crippen LogP contribution >= 0.6 is 0 Å². The van der Waals surface area contributed by atoms with Crippen molar-refractivity contribution in [1.29, 1.82) is 0 Å². The zero-order valence-corrected chi connectivity index (χ0v) is 12.1. The van der Waals surface area contributed by atoms with Gasteiger partial charge in [0.05, 0.1) is 5.52 Å². The van der Waals surface area contributed by atoms with Crippen LogP contribution in [0.25, 0.3) is 10.9 Å². The molecule has 1 aromatic heterocycles. The van der Waals surface area contributed by atoms with Gasteiger partial charge in [-0.05, 0) is 57.1 Å². The summed E-state index contributed by atoms with van der Waals surface area (Å²) in [4.78, 5) is 4.60. The van der Waals surface area contributed by atoms with Gasteiger partial charge in [0.15, 0.2) is 0 Å². The first-order valence-corrected chi connectivity index (χ1v) is 7.03. The van der Waals surface area contributed by atoms with Crippen LogP contribution in [0.5, 0.6) is 0 Å². The smallest absolute Gasteiger partial charge is 0.0726 e. The lowest BCUT2D eigenvalue weighted by Gasteiger charge is -2.11. The van der Waals surface area contributed by atoms with Crippen LogP contribution in [0.15, 0.2) is 24.3 Å². The second-order valence-corrected chi connectivity index (χ2v) is 4.90. The largest absolute Gasteiger partial charge is 0.384 e. The average molecular weight is 257 g/mol. The molecule has 0 amide bonds. The van der Waals surface area contributed by atoms with Crippen molar-refractivity contribution in [2.24, 2.45) is 0 Å². The lowest BCUT2D eigenvalue weighted by Crippen LogP contribution is -2.13. The Hall–Kier alpha value is -1.61. The average Bonchev–Trinajstić information content (AvgIpc) is 2.43. The van der Waals surface area contributed by atoms with Gasteiger partial charge < -0.3 is 10.6 Å². The van der Waals surface area contributed by atoms with Gasteiger partial charge in [0.2, 0.25) is 0 Å². The predicted octanol–water partition coefficient (Wildman–Crippen LogP) is 3.13. The highest BCUT2D eigenvalue weighted by Gasteiger charge is 2.04. The zero-order valence-electron chi connectivity index (χ0n) is 12.1. The number of aromatic nitrogens is 1. The maximum Gasteiger partial charge on any atom is 0.0726 e. The molecule has 3 nitrogen and oxygen atoms in total. The summed E-state index contributed by atoms with van der Waals surface area (Å²) in [7, 11) is 1.99. The Kier molecular flexibility index (Phi) is 4.74. The molecule has 1 aromatic carbocycles. The molecule has 2 N–H and O–H groups in total. The lowest BCUT2D eigenvalue weighted by atomic mass is 10.1. The van der Waals surface area contributed by atoms with Gasteiger partial charge in [0.1, 0.15) is 0 Å². The summed E-state index contributed by atoms with van der Waals surface area (Å²) in [5, 5.41) is 7.93. The fraction of sp³-hybridized carbons (Fsp3) is 0.438. The molecular formula is C16H23N3. The number of hydrogen-bond acceptors (Lipinski definition) is 3. The number of pyridine rings is 1. The van der Waals surface area contributed by atoms with Crippen molar-refractivity contribution >= 4 is 16.6 Å². The Morgan fingerprint density at radius 2 is 2.00 bits per heavy atom. The van der Waals surface area contributed by atoms with Crippen LogP contribution < -0.4 is 10.6 Å². The molecule has 0 saturated carbocycles. The molecule has 0 atom stereocenters. The third kappa shape index (κ3) is 3.44. The van der Waals surface area contributed by atoms with Crippen molar-refractivity contribution in [2.45, 2.75) is 26.7 Å². The molecule has 3 heteroatoms. The van der Waals surface area contributed by atoms with E-state index in [0.717, 1.165) is 37.1 Å². The summed E-state index contributed by atoms with van der Waals surface area (Å²) < 4.78 is 0. The topological polar surface area (TPSA) is 37.0 Å². The quantitative estimate of drug-likeness (QED) is 0.781. The van der Waals surface area contributed by atoms with Gasteiger partial charge in [-0.2, -0.15) is 0 Å². The number of hydrogen-bond donors (Lipinski definition) is 2. The molecule has 2 rings (SSSR count). The molecule has 19 heavy (non-hydrogen) atoms. The SMILES string of the molecule is CCc1ccc2nc(C)cc(NCCCNC)c2c1. The highest BCUT2D eigenvalue weighted by atomic mass is 14.9. The number of rotatable bonds is 6. The van der Waals surface area contributed by atoms with E-state index in [1.807, 2.05) is 14.0 Å². The minimum absolute atomic E-state index is 0.982. The molecule has 1 heterocycles. The number of fused-ring (bicyclic) bond motifs is 1. The molecule has 0 aliphatic carbocycles. The number of benzene rings is 1. The molecule has 2 aromatic rings. The molecular weight excluding hydrogens is 234 g/mol. The summed E-state index contributed by atoms with van der Waals surface area (Å²) in [6, 6.07) is 8.68. The van der Waals surface area contributed by atoms with Crippen molar-refractivity contribution < 1.29 is 0 Å². The molecule has 0 radical (unpaired) electrons. The normalized spacial score (nSPS) is 10.9. The fourth-order valence-corrected chi connectivity index (χ4v) is 2.26. The third-order valence-electron chi connectivity index (χ3n) is 3.33. The van der Waals surface area contributed by atoms with Gasteiger partial charge in [-0.25, -0.2) is 0 Å². The summed E-state index contributed by atoms with van der Waals surface area (Å²) in [5.41, 5.74) is 4.70. The van der Waals surface area contributed by atoms with Gasteiger partial charge in [0, 0.05) is 23.3 Å². The minimum atomic E-state index is 0.982. The van der Waals surface area contributed by atoms with Gasteiger partial charge in [-0.3, -0.25) is 4.98 Å². The molecule has 102 valence electrons. The standard InChI is InChI=1S/C16H23N3/c1-4-13-6-7-15-14(11-13)16(10-12(2)19-15)18-9-5-8-17-3/h6-7,10-11,17H,4-5,8-9H2,1-3H3,(H,18,19). The van der Waals surface area contributed by atoms with E-state index in [1.54, 1.807) is 0 Å². The molecule has 0 fully saturated rings. The van der Waals surface area contributed by atoms with Crippen molar-refractivity contribution in [3.8, 4) is 0 Å². The second kappa shape index (κ2) is 6.53. The van der Waals surface area contributed by atoms with Crippen LogP contribution in [0.2, 0.25) is 0 Å². The van der Waals surface area contributed by atoms with E-state index in [0.29, 0.717) is 0 Å². The summed E-state index contributed by atoms with van der Waals surface area (Å²) in [5.74, 6) is 0. The minimum Gasteiger partial charge on any atom is -0.384 e. The molecule has 0 unspecified atom stereocenters. The van der Waals surface area contributed by atoms with Crippen LogP contribution in [-0.2, 0) is 6.42 Å². The summed E-state index contributed by atoms with van der Waals surface area (Å²) in [6.45, 7) is 6.25. The van der Waals surface area contributed by atoms with Crippen molar-refractivity contribution in [3.63, 3.8) is 0 Å². The van der Waals surface area contributed by atoms with Crippen molar-refractivity contribution in [1.82, 2.24) is 10.3 Å². The number of nitrogens with one attached hydrogen (secondary N) is 2. The Morgan fingerprint density at radius 3 is 2.74 bits per heavy atom. The predicted molar refractivity (Wildman–Crippen MR) is 82.9 cm³/mol. The molecule has 0 spiro atoms. The molecule has 0 aliphatic rings. The van der Waals surface area contributed by atoms with E-state index in [9.17, 15) is 0 Å². The third-order valence-corrected chi connectivity index (χ3v) is 3.33. The first kappa shape index (κ1) is 13.8. The molecule has 0 aliphatic heterocycles. The van der Waals surface area contributed by atoms with Crippen LogP contribution in [0, 0.1) is 6.92 Å². The lowest BCUT2D eigenvalue weighted by molar-refractivity contribution is 0.748. The monoisotopic (exact) mass is 257 g/mol. The first-order valence-electron chi connectivity index (χ1n) is 7.03. The molecule has 0 bridgehead atoms. The van der Waals surface area contributed by atoms with E-state index < -0.39 is 0 Å². The maximum absolute atomic E-state index is 4.60. The van der Waals surface area contributed by atoms with E-state index in [4.69, 9.17) is 0 Å². The Labute approximate surface area is 115 Å². The van der Waals surface area contributed by atoms with Gasteiger partial charge in [-0.1, -0.05) is 13.0 Å². The highest BCUT2D eigenvalue weighted by Crippen LogP contribution is 2.24.